The van der Waals surface area contributed by atoms with Gasteiger partial charge in [-0.2, -0.15) is 0 Å². The first kappa shape index (κ1) is 17.1. The molecule has 1 aliphatic heterocycles. The zero-order valence-corrected chi connectivity index (χ0v) is 14.4. The second-order valence-electron chi connectivity index (χ2n) is 6.39. The molecule has 23 heavy (non-hydrogen) atoms. The van der Waals surface area contributed by atoms with Crippen LogP contribution in [0.25, 0.3) is 6.08 Å². The third-order valence-corrected chi connectivity index (χ3v) is 3.91. The number of hydrogen-bond acceptors (Lipinski definition) is 3. The first-order valence-electron chi connectivity index (χ1n) is 7.34. The molecule has 1 fully saturated rings. The summed E-state index contributed by atoms with van der Waals surface area (Å²) in [5, 5.41) is 2.64. The maximum atomic E-state index is 12.4. The molecule has 0 radical (unpaired) electrons. The molecule has 1 aromatic rings. The van der Waals surface area contributed by atoms with Gasteiger partial charge in [0.25, 0.3) is 11.8 Å². The summed E-state index contributed by atoms with van der Waals surface area (Å²) >= 11 is 5.02. The van der Waals surface area contributed by atoms with E-state index in [-0.39, 0.29) is 22.6 Å². The smallest absolute Gasteiger partial charge is 0.265 e. The van der Waals surface area contributed by atoms with E-state index in [1.807, 2.05) is 24.3 Å². The van der Waals surface area contributed by atoms with E-state index in [1.54, 1.807) is 12.2 Å². The van der Waals surface area contributed by atoms with Gasteiger partial charge in [0.05, 0.1) is 0 Å². The average molecular weight is 328 g/mol. The lowest BCUT2D eigenvalue weighted by Gasteiger charge is -2.27. The van der Waals surface area contributed by atoms with Crippen LogP contribution in [0.15, 0.2) is 42.5 Å². The number of thiocarbonyl (C=S) groups is 1. The van der Waals surface area contributed by atoms with Crippen molar-refractivity contribution < 1.29 is 9.59 Å². The molecular weight excluding hydrogens is 308 g/mol. The molecule has 1 heterocycles. The third-order valence-electron chi connectivity index (χ3n) is 3.59. The van der Waals surface area contributed by atoms with Crippen LogP contribution in [0.5, 0.6) is 0 Å². The van der Waals surface area contributed by atoms with Gasteiger partial charge in [-0.25, -0.2) is 0 Å². The normalized spacial score (nSPS) is 17.4. The SMILES string of the molecule is C=CCN1C(=O)C(=Cc2ccc(C(C)(C)C)cc2)C(=O)NC1=S. The Balaban J connectivity index is 2.33. The fourth-order valence-corrected chi connectivity index (χ4v) is 2.49. The highest BCUT2D eigenvalue weighted by Crippen LogP contribution is 2.23. The fourth-order valence-electron chi connectivity index (χ4n) is 2.23. The average Bonchev–Trinajstić information content (AvgIpc) is 2.47. The van der Waals surface area contributed by atoms with Crippen molar-refractivity contribution in [2.24, 2.45) is 0 Å². The largest absolute Gasteiger partial charge is 0.298 e. The van der Waals surface area contributed by atoms with Crippen LogP contribution in [0.1, 0.15) is 31.9 Å². The summed E-state index contributed by atoms with van der Waals surface area (Å²) in [5.41, 5.74) is 2.11. The van der Waals surface area contributed by atoms with Gasteiger partial charge in [-0.3, -0.25) is 19.8 Å². The summed E-state index contributed by atoms with van der Waals surface area (Å²) in [6, 6.07) is 7.81. The maximum Gasteiger partial charge on any atom is 0.265 e. The molecule has 1 N–H and O–H groups in total. The number of carbonyl (C=O) groups excluding carboxylic acids is 2. The molecule has 1 aromatic carbocycles. The van der Waals surface area contributed by atoms with Crippen molar-refractivity contribution in [3.05, 3.63) is 53.6 Å². The van der Waals surface area contributed by atoms with Crippen molar-refractivity contribution in [3.63, 3.8) is 0 Å². The van der Waals surface area contributed by atoms with Gasteiger partial charge < -0.3 is 0 Å². The molecule has 0 bridgehead atoms. The molecule has 2 amide bonds. The Morgan fingerprint density at radius 2 is 1.83 bits per heavy atom. The van der Waals surface area contributed by atoms with E-state index in [0.29, 0.717) is 0 Å². The Morgan fingerprint density at radius 1 is 1.22 bits per heavy atom. The van der Waals surface area contributed by atoms with Crippen LogP contribution in [0.4, 0.5) is 0 Å². The Labute approximate surface area is 141 Å². The molecule has 2 rings (SSSR count). The van der Waals surface area contributed by atoms with Gasteiger partial charge in [-0.05, 0) is 34.8 Å². The lowest BCUT2D eigenvalue weighted by molar-refractivity contribution is -0.128. The predicted molar refractivity (Wildman–Crippen MR) is 95.8 cm³/mol. The van der Waals surface area contributed by atoms with Crippen molar-refractivity contribution in [3.8, 4) is 0 Å². The first-order chi connectivity index (χ1) is 10.7. The summed E-state index contributed by atoms with van der Waals surface area (Å²) in [6.45, 7) is 10.3. The van der Waals surface area contributed by atoms with Crippen LogP contribution >= 0.6 is 12.2 Å². The number of carbonyl (C=O) groups is 2. The molecule has 0 spiro atoms. The van der Waals surface area contributed by atoms with Gasteiger partial charge in [0, 0.05) is 6.54 Å². The van der Waals surface area contributed by atoms with E-state index >= 15 is 0 Å². The summed E-state index contributed by atoms with van der Waals surface area (Å²) in [5.74, 6) is -0.876. The second-order valence-corrected chi connectivity index (χ2v) is 6.78. The Hall–Kier alpha value is -2.27. The number of benzene rings is 1. The summed E-state index contributed by atoms with van der Waals surface area (Å²) in [4.78, 5) is 25.8. The highest BCUT2D eigenvalue weighted by molar-refractivity contribution is 7.80. The number of amides is 2. The molecule has 4 nitrogen and oxygen atoms in total. The van der Waals surface area contributed by atoms with E-state index in [4.69, 9.17) is 12.2 Å². The lowest BCUT2D eigenvalue weighted by atomic mass is 9.86. The minimum absolute atomic E-state index is 0.0522. The van der Waals surface area contributed by atoms with Crippen LogP contribution in [-0.2, 0) is 15.0 Å². The van der Waals surface area contributed by atoms with Gasteiger partial charge in [-0.15, -0.1) is 6.58 Å². The van der Waals surface area contributed by atoms with Crippen molar-refractivity contribution >= 4 is 35.2 Å². The van der Waals surface area contributed by atoms with Crippen molar-refractivity contribution in [2.75, 3.05) is 6.54 Å². The highest BCUT2D eigenvalue weighted by atomic mass is 32.1. The van der Waals surface area contributed by atoms with Gasteiger partial charge >= 0.3 is 0 Å². The molecule has 0 aromatic heterocycles. The number of hydrogen-bond donors (Lipinski definition) is 1. The quantitative estimate of drug-likeness (QED) is 0.402. The maximum absolute atomic E-state index is 12.4. The molecular formula is C18H20N2O2S. The Kier molecular flexibility index (Phi) is 4.80. The summed E-state index contributed by atoms with van der Waals surface area (Å²) < 4.78 is 0. The predicted octanol–water partition coefficient (Wildman–Crippen LogP) is 2.80. The van der Waals surface area contributed by atoms with E-state index in [2.05, 4.69) is 32.7 Å². The van der Waals surface area contributed by atoms with Crippen LogP contribution < -0.4 is 5.32 Å². The molecule has 0 atom stereocenters. The lowest BCUT2D eigenvalue weighted by Crippen LogP contribution is -2.53. The van der Waals surface area contributed by atoms with Gasteiger partial charge in [-0.1, -0.05) is 51.1 Å². The Morgan fingerprint density at radius 3 is 2.35 bits per heavy atom. The molecule has 1 aliphatic rings. The van der Waals surface area contributed by atoms with Crippen LogP contribution in [-0.4, -0.2) is 28.4 Å². The standard InChI is InChI=1S/C18H20N2O2S/c1-5-10-20-16(22)14(15(21)19-17(20)23)11-12-6-8-13(9-7-12)18(2,3)4/h5-9,11H,1,10H2,2-4H3,(H,19,21,23). The first-order valence-corrected chi connectivity index (χ1v) is 7.75. The number of rotatable bonds is 3. The summed E-state index contributed by atoms with van der Waals surface area (Å²) in [6.07, 6.45) is 3.15. The van der Waals surface area contributed by atoms with E-state index in [9.17, 15) is 9.59 Å². The second kappa shape index (κ2) is 6.46. The van der Waals surface area contributed by atoms with Gasteiger partial charge in [0.1, 0.15) is 5.57 Å². The Bertz CT molecular complexity index is 697. The monoisotopic (exact) mass is 328 g/mol. The zero-order valence-electron chi connectivity index (χ0n) is 13.6. The zero-order chi connectivity index (χ0) is 17.2. The van der Waals surface area contributed by atoms with E-state index in [1.165, 1.54) is 10.5 Å². The molecule has 120 valence electrons. The molecule has 0 unspecified atom stereocenters. The highest BCUT2D eigenvalue weighted by Gasteiger charge is 2.32. The van der Waals surface area contributed by atoms with E-state index in [0.717, 1.165) is 5.56 Å². The van der Waals surface area contributed by atoms with E-state index < -0.39 is 11.8 Å². The molecule has 5 heteroatoms. The fraction of sp³-hybridized carbons (Fsp3) is 0.278. The minimum atomic E-state index is -0.472. The third kappa shape index (κ3) is 3.74. The van der Waals surface area contributed by atoms with Gasteiger partial charge in [0.15, 0.2) is 5.11 Å². The van der Waals surface area contributed by atoms with Crippen LogP contribution in [0.3, 0.4) is 0 Å². The molecule has 0 aliphatic carbocycles. The van der Waals surface area contributed by atoms with Crippen molar-refractivity contribution in [1.29, 1.82) is 0 Å². The van der Waals surface area contributed by atoms with Crippen molar-refractivity contribution in [2.45, 2.75) is 26.2 Å². The summed E-state index contributed by atoms with van der Waals surface area (Å²) in [7, 11) is 0. The van der Waals surface area contributed by atoms with Crippen LogP contribution in [0.2, 0.25) is 0 Å². The van der Waals surface area contributed by atoms with Crippen molar-refractivity contribution in [1.82, 2.24) is 10.2 Å². The topological polar surface area (TPSA) is 49.4 Å². The minimum Gasteiger partial charge on any atom is -0.298 e. The van der Waals surface area contributed by atoms with Crippen LogP contribution in [0, 0.1) is 0 Å². The molecule has 1 saturated heterocycles. The van der Waals surface area contributed by atoms with Gasteiger partial charge in [0.2, 0.25) is 0 Å². The molecule has 0 saturated carbocycles. The number of nitrogens with one attached hydrogen (secondary N) is 1. The number of nitrogens with zero attached hydrogens (tertiary/aromatic N) is 1.